The minimum atomic E-state index is 0. The van der Waals surface area contributed by atoms with Gasteiger partial charge in [0, 0.05) is 3.57 Å². The van der Waals surface area contributed by atoms with E-state index in [1.54, 1.807) is 0 Å². The van der Waals surface area contributed by atoms with Crippen LogP contribution in [0.1, 0.15) is 0 Å². The van der Waals surface area contributed by atoms with Crippen LogP contribution in [0.2, 0.25) is 0 Å². The molecular weight excluding hydrogens is 336 g/mol. The van der Waals surface area contributed by atoms with Crippen molar-refractivity contribution in [3.8, 4) is 0 Å². The van der Waals surface area contributed by atoms with Gasteiger partial charge in [0.2, 0.25) is 0 Å². The van der Waals surface area contributed by atoms with Gasteiger partial charge in [-0.25, -0.2) is 0 Å². The van der Waals surface area contributed by atoms with Crippen LogP contribution in [0.3, 0.4) is 0 Å². The molecule has 0 bridgehead atoms. The van der Waals surface area contributed by atoms with Crippen LogP contribution < -0.4 is 0 Å². The van der Waals surface area contributed by atoms with Crippen LogP contribution in [-0.2, 0) is 0 Å². The molecule has 0 atom stereocenters. The van der Waals surface area contributed by atoms with Gasteiger partial charge in [-0.2, -0.15) is 0 Å². The summed E-state index contributed by atoms with van der Waals surface area (Å²) in [6.45, 7) is 0. The van der Waals surface area contributed by atoms with E-state index in [4.69, 9.17) is 0 Å². The molecule has 0 aliphatic rings. The van der Waals surface area contributed by atoms with Gasteiger partial charge in [-0.05, 0) is 34.7 Å². The third-order valence-electron chi connectivity index (χ3n) is 0.733. The normalized spacial score (nSPS) is 7.62. The molecule has 0 nitrogen and oxygen atoms in total. The smallest absolute Gasteiger partial charge is 0.0622 e. The molecule has 2 heteroatoms. The first-order valence-corrected chi connectivity index (χ1v) is 3.18. The molecule has 0 aliphatic heterocycles. The molecular formula is C6H5BaI+2. The van der Waals surface area contributed by atoms with E-state index in [0.717, 1.165) is 0 Å². The number of benzene rings is 1. The Morgan fingerprint density at radius 2 is 1.50 bits per heavy atom. The van der Waals surface area contributed by atoms with Gasteiger partial charge in [0.05, 0.1) is 0 Å². The Morgan fingerprint density at radius 3 is 1.75 bits per heavy atom. The Kier molecular flexibility index (Phi) is 6.33. The van der Waals surface area contributed by atoms with Gasteiger partial charge < -0.3 is 0 Å². The van der Waals surface area contributed by atoms with Crippen molar-refractivity contribution in [3.63, 3.8) is 0 Å². The third kappa shape index (κ3) is 3.53. The Bertz CT molecular complexity index is 138. The van der Waals surface area contributed by atoms with Crippen molar-refractivity contribution >= 4 is 71.5 Å². The Morgan fingerprint density at radius 1 is 1.00 bits per heavy atom. The van der Waals surface area contributed by atoms with E-state index < -0.39 is 0 Å². The van der Waals surface area contributed by atoms with Crippen molar-refractivity contribution in [2.75, 3.05) is 0 Å². The molecule has 0 aliphatic carbocycles. The predicted octanol–water partition coefficient (Wildman–Crippen LogP) is 1.91. The molecule has 1 aromatic carbocycles. The second-order valence-electron chi connectivity index (χ2n) is 1.30. The largest absolute Gasteiger partial charge is 2.00 e. The topological polar surface area (TPSA) is 0 Å². The number of halogens is 1. The summed E-state index contributed by atoms with van der Waals surface area (Å²) in [6, 6.07) is 10.2. The minimum Gasteiger partial charge on any atom is -0.0622 e. The molecule has 0 amide bonds. The second kappa shape index (κ2) is 5.32. The molecule has 0 radical (unpaired) electrons. The van der Waals surface area contributed by atoms with E-state index in [9.17, 15) is 0 Å². The zero-order valence-electron chi connectivity index (χ0n) is 4.47. The summed E-state index contributed by atoms with van der Waals surface area (Å²) >= 11 is 2.28. The zero-order valence-corrected chi connectivity index (χ0v) is 11.1. The van der Waals surface area contributed by atoms with Crippen LogP contribution in [0.25, 0.3) is 0 Å². The van der Waals surface area contributed by atoms with Crippen LogP contribution in [0.5, 0.6) is 0 Å². The van der Waals surface area contributed by atoms with Gasteiger partial charge in [-0.1, -0.05) is 18.2 Å². The van der Waals surface area contributed by atoms with Crippen LogP contribution in [-0.4, -0.2) is 48.9 Å². The van der Waals surface area contributed by atoms with E-state index in [1.807, 2.05) is 18.2 Å². The van der Waals surface area contributed by atoms with Gasteiger partial charge in [0.1, 0.15) is 0 Å². The molecule has 36 valence electrons. The fourth-order valence-electron chi connectivity index (χ4n) is 0.415. The van der Waals surface area contributed by atoms with E-state index >= 15 is 0 Å². The fourth-order valence-corrected chi connectivity index (χ4v) is 0.830. The van der Waals surface area contributed by atoms with Crippen molar-refractivity contribution in [2.45, 2.75) is 0 Å². The SMILES string of the molecule is Ic1ccccc1.[Ba+2]. The first kappa shape index (κ1) is 9.52. The fraction of sp³-hybridized carbons (Fsp3) is 0. The molecule has 0 unspecified atom stereocenters. The average molecular weight is 341 g/mol. The van der Waals surface area contributed by atoms with Gasteiger partial charge in [-0.15, -0.1) is 0 Å². The summed E-state index contributed by atoms with van der Waals surface area (Å²) in [5.41, 5.74) is 0. The van der Waals surface area contributed by atoms with Crippen LogP contribution in [0.4, 0.5) is 0 Å². The van der Waals surface area contributed by atoms with Crippen molar-refractivity contribution in [2.24, 2.45) is 0 Å². The van der Waals surface area contributed by atoms with Gasteiger partial charge in [0.25, 0.3) is 0 Å². The monoisotopic (exact) mass is 342 g/mol. The maximum absolute atomic E-state index is 2.28. The summed E-state index contributed by atoms with van der Waals surface area (Å²) in [5.74, 6) is 0. The van der Waals surface area contributed by atoms with Crippen LogP contribution in [0.15, 0.2) is 30.3 Å². The first-order chi connectivity index (χ1) is 3.39. The van der Waals surface area contributed by atoms with Gasteiger partial charge in [0.15, 0.2) is 0 Å². The predicted molar refractivity (Wildman–Crippen MR) is 44.9 cm³/mol. The summed E-state index contributed by atoms with van der Waals surface area (Å²) in [7, 11) is 0. The molecule has 0 saturated carbocycles. The van der Waals surface area contributed by atoms with Crippen molar-refractivity contribution < 1.29 is 0 Å². The number of rotatable bonds is 0. The van der Waals surface area contributed by atoms with E-state index in [0.29, 0.717) is 0 Å². The van der Waals surface area contributed by atoms with E-state index in [1.165, 1.54) is 3.57 Å². The molecule has 1 rings (SSSR count). The summed E-state index contributed by atoms with van der Waals surface area (Å²) in [4.78, 5) is 0. The van der Waals surface area contributed by atoms with Crippen molar-refractivity contribution in [1.29, 1.82) is 0 Å². The van der Waals surface area contributed by atoms with Crippen molar-refractivity contribution in [1.82, 2.24) is 0 Å². The second-order valence-corrected chi connectivity index (χ2v) is 2.54. The van der Waals surface area contributed by atoms with Gasteiger partial charge in [-0.3, -0.25) is 0 Å². The molecule has 8 heavy (non-hydrogen) atoms. The summed E-state index contributed by atoms with van der Waals surface area (Å²) in [5, 5.41) is 0. The maximum atomic E-state index is 2.28. The minimum absolute atomic E-state index is 0. The molecule has 0 aromatic heterocycles. The van der Waals surface area contributed by atoms with Crippen LogP contribution >= 0.6 is 22.6 Å². The molecule has 0 fully saturated rings. The molecule has 0 saturated heterocycles. The van der Waals surface area contributed by atoms with Gasteiger partial charge >= 0.3 is 48.9 Å². The average Bonchev–Trinajstić information content (AvgIpc) is 1.69. The Hall–Kier alpha value is 1.52. The zero-order chi connectivity index (χ0) is 5.11. The standard InChI is InChI=1S/C6H5I.Ba/c7-6-4-2-1-3-5-6;/h1-5H;/q;+2. The van der Waals surface area contributed by atoms with Crippen LogP contribution in [0, 0.1) is 3.57 Å². The van der Waals surface area contributed by atoms with E-state index in [2.05, 4.69) is 34.7 Å². The summed E-state index contributed by atoms with van der Waals surface area (Å²) in [6.07, 6.45) is 0. The number of hydrogen-bond acceptors (Lipinski definition) is 0. The molecule has 0 N–H and O–H groups in total. The Balaban J connectivity index is 0.000000490. The quantitative estimate of drug-likeness (QED) is 0.500. The summed E-state index contributed by atoms with van der Waals surface area (Å²) < 4.78 is 1.29. The first-order valence-electron chi connectivity index (χ1n) is 2.10. The Labute approximate surface area is 103 Å². The number of hydrogen-bond donors (Lipinski definition) is 0. The molecule has 0 heterocycles. The maximum Gasteiger partial charge on any atom is 2.00 e. The van der Waals surface area contributed by atoms with Crippen molar-refractivity contribution in [3.05, 3.63) is 33.9 Å². The molecule has 1 aromatic rings. The third-order valence-corrected chi connectivity index (χ3v) is 1.45. The van der Waals surface area contributed by atoms with E-state index in [-0.39, 0.29) is 48.9 Å². The molecule has 0 spiro atoms.